The lowest BCUT2D eigenvalue weighted by Crippen LogP contribution is -2.11. The van der Waals surface area contributed by atoms with Gasteiger partial charge < -0.3 is 15.8 Å². The number of thiocarbonyl (C=S) groups is 1. The van der Waals surface area contributed by atoms with Gasteiger partial charge in [-0.3, -0.25) is 0 Å². The van der Waals surface area contributed by atoms with Gasteiger partial charge in [0, 0.05) is 21.4 Å². The number of nitrogens with one attached hydrogen (secondary N) is 1. The Kier molecular flexibility index (Phi) is 5.59. The molecule has 2 aromatic carbocycles. The average Bonchev–Trinajstić information content (AvgIpc) is 2.46. The van der Waals surface area contributed by atoms with Crippen LogP contribution in [0.2, 0.25) is 0 Å². The largest absolute Gasteiger partial charge is 0.494 e. The highest BCUT2D eigenvalue weighted by Crippen LogP contribution is 2.26. The molecule has 0 atom stereocenters. The van der Waals surface area contributed by atoms with Crippen LogP contribution in [0.15, 0.2) is 46.9 Å². The van der Waals surface area contributed by atoms with Crippen LogP contribution in [0, 0.1) is 0 Å². The maximum Gasteiger partial charge on any atom is 0.119 e. The molecule has 2 rings (SSSR count). The number of hydrogen-bond acceptors (Lipinski definition) is 3. The Bertz CT molecular complexity index is 629. The number of benzene rings is 2. The van der Waals surface area contributed by atoms with Gasteiger partial charge in [0.05, 0.1) is 6.61 Å². The summed E-state index contributed by atoms with van der Waals surface area (Å²) in [5.41, 5.74) is 8.40. The normalized spacial score (nSPS) is 10.2. The van der Waals surface area contributed by atoms with Crippen LogP contribution in [0.3, 0.4) is 0 Å². The second-order valence-electron chi connectivity index (χ2n) is 4.55. The second-order valence-corrected chi connectivity index (χ2v) is 5.91. The first-order valence-electron chi connectivity index (χ1n) is 6.69. The summed E-state index contributed by atoms with van der Waals surface area (Å²) < 4.78 is 6.53. The maximum absolute atomic E-state index is 5.75. The van der Waals surface area contributed by atoms with E-state index in [1.54, 1.807) is 0 Å². The molecule has 0 saturated heterocycles. The first kappa shape index (κ1) is 15.8. The van der Waals surface area contributed by atoms with Gasteiger partial charge in [0.1, 0.15) is 10.7 Å². The van der Waals surface area contributed by atoms with Crippen molar-refractivity contribution in [3.05, 3.63) is 52.5 Å². The molecule has 21 heavy (non-hydrogen) atoms. The lowest BCUT2D eigenvalue weighted by Gasteiger charge is -2.12. The van der Waals surface area contributed by atoms with Gasteiger partial charge in [0.2, 0.25) is 0 Å². The standard InChI is InChI=1S/C16H17BrN2OS/c1-2-9-20-13-6-4-12(5-7-13)19-15-10-11(17)3-8-14(15)16(18)21/h3-8,10,19H,2,9H2,1H3,(H2,18,21). The van der Waals surface area contributed by atoms with E-state index in [1.165, 1.54) is 0 Å². The lowest BCUT2D eigenvalue weighted by atomic mass is 10.1. The molecule has 0 heterocycles. The van der Waals surface area contributed by atoms with E-state index in [0.717, 1.165) is 40.2 Å². The zero-order valence-corrected chi connectivity index (χ0v) is 14.1. The first-order chi connectivity index (χ1) is 10.1. The predicted octanol–water partition coefficient (Wildman–Crippen LogP) is 4.62. The summed E-state index contributed by atoms with van der Waals surface area (Å²) in [5, 5.41) is 3.32. The lowest BCUT2D eigenvalue weighted by molar-refractivity contribution is 0.317. The van der Waals surface area contributed by atoms with Crippen LogP contribution < -0.4 is 15.8 Å². The number of anilines is 2. The highest BCUT2D eigenvalue weighted by molar-refractivity contribution is 9.10. The molecule has 0 aliphatic heterocycles. The molecule has 0 aliphatic rings. The Morgan fingerprint density at radius 1 is 1.24 bits per heavy atom. The van der Waals surface area contributed by atoms with Gasteiger partial charge in [-0.25, -0.2) is 0 Å². The molecule has 3 N–H and O–H groups in total. The molecule has 0 saturated carbocycles. The van der Waals surface area contributed by atoms with Crippen molar-refractivity contribution in [1.82, 2.24) is 0 Å². The van der Waals surface area contributed by atoms with Gasteiger partial charge in [-0.2, -0.15) is 0 Å². The molecule has 5 heteroatoms. The Morgan fingerprint density at radius 3 is 2.57 bits per heavy atom. The van der Waals surface area contributed by atoms with Crippen LogP contribution in [0.1, 0.15) is 18.9 Å². The maximum atomic E-state index is 5.75. The van der Waals surface area contributed by atoms with Crippen LogP contribution in [-0.4, -0.2) is 11.6 Å². The molecular formula is C16H17BrN2OS. The van der Waals surface area contributed by atoms with Crippen LogP contribution >= 0.6 is 28.1 Å². The van der Waals surface area contributed by atoms with Crippen molar-refractivity contribution in [3.63, 3.8) is 0 Å². The van der Waals surface area contributed by atoms with Gasteiger partial charge in [-0.05, 0) is 48.9 Å². The molecule has 0 amide bonds. The minimum atomic E-state index is 0.368. The minimum Gasteiger partial charge on any atom is -0.494 e. The first-order valence-corrected chi connectivity index (χ1v) is 7.89. The van der Waals surface area contributed by atoms with Gasteiger partial charge in [0.15, 0.2) is 0 Å². The van der Waals surface area contributed by atoms with E-state index in [4.69, 9.17) is 22.7 Å². The quantitative estimate of drug-likeness (QED) is 0.734. The van der Waals surface area contributed by atoms with Gasteiger partial charge in [0.25, 0.3) is 0 Å². The second kappa shape index (κ2) is 7.43. The highest BCUT2D eigenvalue weighted by atomic mass is 79.9. The molecule has 0 bridgehead atoms. The smallest absolute Gasteiger partial charge is 0.119 e. The third kappa shape index (κ3) is 4.44. The van der Waals surface area contributed by atoms with E-state index in [2.05, 4.69) is 28.2 Å². The van der Waals surface area contributed by atoms with Crippen molar-refractivity contribution in [3.8, 4) is 5.75 Å². The van der Waals surface area contributed by atoms with E-state index in [0.29, 0.717) is 4.99 Å². The van der Waals surface area contributed by atoms with E-state index < -0.39 is 0 Å². The van der Waals surface area contributed by atoms with Gasteiger partial charge in [-0.1, -0.05) is 35.1 Å². The van der Waals surface area contributed by atoms with E-state index in [-0.39, 0.29) is 0 Å². The summed E-state index contributed by atoms with van der Waals surface area (Å²) in [6, 6.07) is 13.6. The average molecular weight is 365 g/mol. The Hall–Kier alpha value is -1.59. The van der Waals surface area contributed by atoms with Crippen molar-refractivity contribution >= 4 is 44.5 Å². The monoisotopic (exact) mass is 364 g/mol. The molecular weight excluding hydrogens is 348 g/mol. The predicted molar refractivity (Wildman–Crippen MR) is 95.5 cm³/mol. The fraction of sp³-hybridized carbons (Fsp3) is 0.188. The SMILES string of the molecule is CCCOc1ccc(Nc2cc(Br)ccc2C(N)=S)cc1. The zero-order chi connectivity index (χ0) is 15.2. The van der Waals surface area contributed by atoms with E-state index >= 15 is 0 Å². The summed E-state index contributed by atoms with van der Waals surface area (Å²) in [4.78, 5) is 0.368. The topological polar surface area (TPSA) is 47.3 Å². The van der Waals surface area contributed by atoms with Crippen LogP contribution in [0.25, 0.3) is 0 Å². The van der Waals surface area contributed by atoms with Crippen molar-refractivity contribution in [2.75, 3.05) is 11.9 Å². The molecule has 0 aromatic heterocycles. The summed E-state index contributed by atoms with van der Waals surface area (Å²) >= 11 is 8.53. The Morgan fingerprint density at radius 2 is 1.95 bits per heavy atom. The van der Waals surface area contributed by atoms with Crippen molar-refractivity contribution in [1.29, 1.82) is 0 Å². The van der Waals surface area contributed by atoms with Crippen LogP contribution in [0.4, 0.5) is 11.4 Å². The van der Waals surface area contributed by atoms with E-state index in [1.807, 2.05) is 42.5 Å². The zero-order valence-electron chi connectivity index (χ0n) is 11.7. The Labute approximate surface area is 138 Å². The fourth-order valence-corrected chi connectivity index (χ4v) is 2.38. The summed E-state index contributed by atoms with van der Waals surface area (Å²) in [6.07, 6.45) is 0.995. The van der Waals surface area contributed by atoms with Crippen LogP contribution in [-0.2, 0) is 0 Å². The Balaban J connectivity index is 2.18. The third-order valence-electron chi connectivity index (χ3n) is 2.85. The molecule has 0 fully saturated rings. The molecule has 0 radical (unpaired) electrons. The number of rotatable bonds is 6. The summed E-state index contributed by atoms with van der Waals surface area (Å²) in [7, 11) is 0. The fourth-order valence-electron chi connectivity index (χ4n) is 1.84. The molecule has 0 spiro atoms. The molecule has 0 unspecified atom stereocenters. The molecule has 110 valence electrons. The number of halogens is 1. The number of nitrogens with two attached hydrogens (primary N) is 1. The van der Waals surface area contributed by atoms with Gasteiger partial charge in [-0.15, -0.1) is 0 Å². The van der Waals surface area contributed by atoms with Crippen molar-refractivity contribution < 1.29 is 4.74 Å². The minimum absolute atomic E-state index is 0.368. The number of ether oxygens (including phenoxy) is 1. The van der Waals surface area contributed by atoms with Crippen molar-refractivity contribution in [2.24, 2.45) is 5.73 Å². The van der Waals surface area contributed by atoms with Crippen LogP contribution in [0.5, 0.6) is 5.75 Å². The molecule has 3 nitrogen and oxygen atoms in total. The molecule has 2 aromatic rings. The van der Waals surface area contributed by atoms with E-state index in [9.17, 15) is 0 Å². The molecule has 0 aliphatic carbocycles. The summed E-state index contributed by atoms with van der Waals surface area (Å²) in [6.45, 7) is 2.81. The number of hydrogen-bond donors (Lipinski definition) is 2. The summed E-state index contributed by atoms with van der Waals surface area (Å²) in [5.74, 6) is 0.867. The third-order valence-corrected chi connectivity index (χ3v) is 3.57. The van der Waals surface area contributed by atoms with Crippen molar-refractivity contribution in [2.45, 2.75) is 13.3 Å². The van der Waals surface area contributed by atoms with Gasteiger partial charge >= 0.3 is 0 Å². The highest BCUT2D eigenvalue weighted by Gasteiger charge is 2.06.